The summed E-state index contributed by atoms with van der Waals surface area (Å²) in [5.41, 5.74) is 2.81. The van der Waals surface area contributed by atoms with Crippen LogP contribution in [0, 0.1) is 5.92 Å². The molecule has 2 heterocycles. The van der Waals surface area contributed by atoms with E-state index in [9.17, 15) is 9.59 Å². The molecule has 154 valence electrons. The monoisotopic (exact) mass is 420 g/mol. The Labute approximate surface area is 180 Å². The number of fused-ring (bicyclic) bond motifs is 3. The smallest absolute Gasteiger partial charge is 0.259 e. The van der Waals surface area contributed by atoms with Crippen LogP contribution in [0.15, 0.2) is 64.6 Å². The third-order valence-electron chi connectivity index (χ3n) is 5.04. The van der Waals surface area contributed by atoms with E-state index in [4.69, 9.17) is 4.99 Å². The molecule has 0 unspecified atom stereocenters. The maximum atomic E-state index is 13.0. The Morgan fingerprint density at radius 2 is 1.87 bits per heavy atom. The van der Waals surface area contributed by atoms with Gasteiger partial charge in [-0.2, -0.15) is 0 Å². The number of hydrogen-bond acceptors (Lipinski definition) is 5. The third kappa shape index (κ3) is 4.16. The number of para-hydroxylation sites is 1. The van der Waals surface area contributed by atoms with E-state index in [0.717, 1.165) is 17.7 Å². The molecule has 0 radical (unpaired) electrons. The molecule has 7 heteroatoms. The zero-order chi connectivity index (χ0) is 21.1. The van der Waals surface area contributed by atoms with Gasteiger partial charge in [0.05, 0.1) is 11.4 Å². The van der Waals surface area contributed by atoms with Crippen LogP contribution in [0.4, 0.5) is 5.69 Å². The van der Waals surface area contributed by atoms with E-state index in [-0.39, 0.29) is 23.5 Å². The van der Waals surface area contributed by atoms with Gasteiger partial charge in [-0.25, -0.2) is 9.89 Å². The molecule has 2 aromatic rings. The summed E-state index contributed by atoms with van der Waals surface area (Å²) in [6.45, 7) is 4.55. The van der Waals surface area contributed by atoms with E-state index >= 15 is 0 Å². The highest BCUT2D eigenvalue weighted by molar-refractivity contribution is 8.14. The molecular weight excluding hydrogens is 396 g/mol. The largest absolute Gasteiger partial charge is 0.355 e. The van der Waals surface area contributed by atoms with Gasteiger partial charge in [-0.05, 0) is 30.0 Å². The van der Waals surface area contributed by atoms with Crippen molar-refractivity contribution in [1.82, 2.24) is 10.2 Å². The number of carbonyl (C=O) groups is 2. The predicted molar refractivity (Wildman–Crippen MR) is 121 cm³/mol. The first-order valence-corrected chi connectivity index (χ1v) is 11.1. The lowest BCUT2D eigenvalue weighted by atomic mass is 10.1. The Hall–Kier alpha value is -2.93. The van der Waals surface area contributed by atoms with E-state index in [1.165, 1.54) is 17.3 Å². The van der Waals surface area contributed by atoms with Gasteiger partial charge < -0.3 is 5.32 Å². The number of carbonyl (C=O) groups excluding carboxylic acids is 2. The maximum Gasteiger partial charge on any atom is 0.259 e. The lowest BCUT2D eigenvalue weighted by molar-refractivity contribution is -0.125. The first-order valence-electron chi connectivity index (χ1n) is 10.1. The van der Waals surface area contributed by atoms with Crippen LogP contribution in [0.5, 0.6) is 0 Å². The highest BCUT2D eigenvalue weighted by Crippen LogP contribution is 2.34. The van der Waals surface area contributed by atoms with Gasteiger partial charge in [0.15, 0.2) is 5.17 Å². The van der Waals surface area contributed by atoms with Gasteiger partial charge in [0.2, 0.25) is 5.91 Å². The number of hydrogen-bond donors (Lipinski definition) is 1. The summed E-state index contributed by atoms with van der Waals surface area (Å²) in [5, 5.41) is 3.45. The van der Waals surface area contributed by atoms with Crippen molar-refractivity contribution >= 4 is 40.3 Å². The summed E-state index contributed by atoms with van der Waals surface area (Å²) in [4.78, 5) is 36.3. The highest BCUT2D eigenvalue weighted by atomic mass is 32.2. The Morgan fingerprint density at radius 1 is 1.13 bits per heavy atom. The van der Waals surface area contributed by atoms with E-state index in [1.807, 2.05) is 68.4 Å². The van der Waals surface area contributed by atoms with Crippen molar-refractivity contribution < 1.29 is 9.59 Å². The molecule has 1 atom stereocenters. The van der Waals surface area contributed by atoms with Crippen LogP contribution in [-0.4, -0.2) is 46.1 Å². The average Bonchev–Trinajstić information content (AvgIpc) is 3.11. The zero-order valence-corrected chi connectivity index (χ0v) is 17.9. The van der Waals surface area contributed by atoms with Crippen molar-refractivity contribution in [2.75, 3.05) is 12.3 Å². The Balaban J connectivity index is 1.43. The van der Waals surface area contributed by atoms with E-state index in [1.54, 1.807) is 4.90 Å². The summed E-state index contributed by atoms with van der Waals surface area (Å²) < 4.78 is 0. The Bertz CT molecular complexity index is 1020. The van der Waals surface area contributed by atoms with Gasteiger partial charge in [0, 0.05) is 12.1 Å². The Kier molecular flexibility index (Phi) is 5.99. The van der Waals surface area contributed by atoms with Crippen molar-refractivity contribution in [2.45, 2.75) is 26.3 Å². The van der Waals surface area contributed by atoms with Gasteiger partial charge in [0.25, 0.3) is 5.91 Å². The van der Waals surface area contributed by atoms with Crippen molar-refractivity contribution in [3.05, 3.63) is 65.7 Å². The fourth-order valence-corrected chi connectivity index (χ4v) is 4.30. The summed E-state index contributed by atoms with van der Waals surface area (Å²) >= 11 is 1.27. The molecule has 30 heavy (non-hydrogen) atoms. The molecule has 2 aliphatic rings. The minimum Gasteiger partial charge on any atom is -0.355 e. The SMILES string of the molecule is CC(C)[C@H]1N=C2c3ccccc3N=C(SCC(=O)NCCc3ccccc3)N2C1=O. The molecule has 0 spiro atoms. The molecular formula is C23H24N4O2S. The molecule has 4 rings (SSSR count). The summed E-state index contributed by atoms with van der Waals surface area (Å²) in [6.07, 6.45) is 0.781. The molecule has 6 nitrogen and oxygen atoms in total. The molecule has 2 aliphatic heterocycles. The lowest BCUT2D eigenvalue weighted by Gasteiger charge is -2.25. The molecule has 0 saturated carbocycles. The number of thioether (sulfide) groups is 1. The van der Waals surface area contributed by atoms with Crippen molar-refractivity contribution in [3.8, 4) is 0 Å². The average molecular weight is 421 g/mol. The molecule has 0 fully saturated rings. The molecule has 0 aliphatic carbocycles. The second kappa shape index (κ2) is 8.83. The van der Waals surface area contributed by atoms with Crippen LogP contribution in [0.1, 0.15) is 25.0 Å². The number of rotatable bonds is 6. The maximum absolute atomic E-state index is 13.0. The minimum absolute atomic E-state index is 0.0785. The molecule has 0 saturated heterocycles. The number of nitrogens with one attached hydrogen (secondary N) is 1. The van der Waals surface area contributed by atoms with Gasteiger partial charge in [0.1, 0.15) is 11.9 Å². The topological polar surface area (TPSA) is 74.1 Å². The fourth-order valence-electron chi connectivity index (χ4n) is 3.47. The van der Waals surface area contributed by atoms with Crippen LogP contribution < -0.4 is 5.32 Å². The highest BCUT2D eigenvalue weighted by Gasteiger charge is 2.42. The quantitative estimate of drug-likeness (QED) is 0.778. The zero-order valence-electron chi connectivity index (χ0n) is 17.0. The van der Waals surface area contributed by atoms with Crippen LogP contribution >= 0.6 is 11.8 Å². The minimum atomic E-state index is -0.420. The predicted octanol–water partition coefficient (Wildman–Crippen LogP) is 3.39. The van der Waals surface area contributed by atoms with Crippen LogP contribution in [0.25, 0.3) is 0 Å². The number of aliphatic imine (C=N–C) groups is 2. The standard InChI is InChI=1S/C23H24N4O2S/c1-15(2)20-22(29)27-21(26-20)17-10-6-7-11-18(17)25-23(27)30-14-19(28)24-13-12-16-8-4-3-5-9-16/h3-11,15,20H,12-14H2,1-2H3,(H,24,28)/t20-/m1/s1. The number of benzene rings is 2. The van der Waals surface area contributed by atoms with Gasteiger partial charge in [-0.3, -0.25) is 14.6 Å². The summed E-state index contributed by atoms with van der Waals surface area (Å²) in [7, 11) is 0. The number of nitrogens with zero attached hydrogens (tertiary/aromatic N) is 3. The van der Waals surface area contributed by atoms with Crippen molar-refractivity contribution in [1.29, 1.82) is 0 Å². The third-order valence-corrected chi connectivity index (χ3v) is 5.98. The summed E-state index contributed by atoms with van der Waals surface area (Å²) in [5.74, 6) is 0.763. The molecule has 0 bridgehead atoms. The number of amides is 2. The number of amidine groups is 2. The second-order valence-electron chi connectivity index (χ2n) is 7.60. The van der Waals surface area contributed by atoms with Gasteiger partial charge >= 0.3 is 0 Å². The lowest BCUT2D eigenvalue weighted by Crippen LogP contribution is -2.42. The van der Waals surface area contributed by atoms with Crippen LogP contribution in [-0.2, 0) is 16.0 Å². The van der Waals surface area contributed by atoms with Crippen LogP contribution in [0.2, 0.25) is 0 Å². The van der Waals surface area contributed by atoms with Gasteiger partial charge in [-0.15, -0.1) is 0 Å². The van der Waals surface area contributed by atoms with E-state index < -0.39 is 6.04 Å². The van der Waals surface area contributed by atoms with Crippen LogP contribution in [0.3, 0.4) is 0 Å². The molecule has 0 aromatic heterocycles. The first kappa shape index (κ1) is 20.3. The normalized spacial score (nSPS) is 17.4. The molecule has 2 aromatic carbocycles. The molecule has 2 amide bonds. The Morgan fingerprint density at radius 3 is 2.63 bits per heavy atom. The van der Waals surface area contributed by atoms with Crippen molar-refractivity contribution in [3.63, 3.8) is 0 Å². The first-order chi connectivity index (χ1) is 14.5. The summed E-state index contributed by atoms with van der Waals surface area (Å²) in [6, 6.07) is 17.3. The fraction of sp³-hybridized carbons (Fsp3) is 0.304. The van der Waals surface area contributed by atoms with Crippen molar-refractivity contribution in [2.24, 2.45) is 15.9 Å². The van der Waals surface area contributed by atoms with E-state index in [2.05, 4.69) is 10.3 Å². The van der Waals surface area contributed by atoms with E-state index in [0.29, 0.717) is 17.5 Å². The molecule has 1 N–H and O–H groups in total. The second-order valence-corrected chi connectivity index (χ2v) is 8.54. The van der Waals surface area contributed by atoms with Gasteiger partial charge in [-0.1, -0.05) is 68.1 Å².